The average molecular weight is 172 g/mol. The van der Waals surface area contributed by atoms with Gasteiger partial charge in [0.1, 0.15) is 0 Å². The molecule has 0 aliphatic heterocycles. The second-order valence-corrected chi connectivity index (χ2v) is 1.71. The Morgan fingerprint density at radius 1 is 1.17 bits per heavy atom. The zero-order valence-electron chi connectivity index (χ0n) is 9.22. The zero-order valence-corrected chi connectivity index (χ0v) is 9.22. The molecule has 0 saturated heterocycles. The number of allylic oxidation sites excluding steroid dienone is 3. The molecule has 1 nitrogen and oxygen atoms in total. The maximum absolute atomic E-state index is 8.61. The highest BCUT2D eigenvalue weighted by Crippen LogP contribution is 1.93. The Labute approximate surface area is 77.8 Å². The summed E-state index contributed by atoms with van der Waals surface area (Å²) in [5.74, 6) is 0.395. The molecule has 0 radical (unpaired) electrons. The summed E-state index contributed by atoms with van der Waals surface area (Å²) in [6, 6.07) is 0. The van der Waals surface area contributed by atoms with Crippen LogP contribution in [0, 0.1) is 0 Å². The highest BCUT2D eigenvalue weighted by Gasteiger charge is 1.77. The standard InChI is InChI=1S/C7H12O.2C2H6/c1-3-4-5-6-7(2)8;2*1-2/h3,6,8H,1,4-5H2,2H3;2*1-2H3/b7-6+;;. The minimum Gasteiger partial charge on any atom is -0.513 e. The average Bonchev–Trinajstić information content (AvgIpc) is 2.12. The van der Waals surface area contributed by atoms with Gasteiger partial charge >= 0.3 is 0 Å². The molecule has 0 rings (SSSR count). The predicted octanol–water partition coefficient (Wildman–Crippen LogP) is 4.47. The monoisotopic (exact) mass is 172 g/mol. The molecule has 74 valence electrons. The van der Waals surface area contributed by atoms with Crippen LogP contribution in [0.4, 0.5) is 0 Å². The minimum atomic E-state index is 0.395. The number of rotatable bonds is 3. The summed E-state index contributed by atoms with van der Waals surface area (Å²) in [5.41, 5.74) is 0. The van der Waals surface area contributed by atoms with Crippen LogP contribution in [0.15, 0.2) is 24.5 Å². The third-order valence-corrected chi connectivity index (χ3v) is 0.811. The maximum atomic E-state index is 8.61. The van der Waals surface area contributed by atoms with Gasteiger partial charge in [0.05, 0.1) is 5.76 Å². The fourth-order valence-corrected chi connectivity index (χ4v) is 0.410. The molecule has 0 heterocycles. The van der Waals surface area contributed by atoms with Gasteiger partial charge in [0.15, 0.2) is 0 Å². The van der Waals surface area contributed by atoms with Crippen molar-refractivity contribution < 1.29 is 5.11 Å². The van der Waals surface area contributed by atoms with Gasteiger partial charge < -0.3 is 5.11 Å². The van der Waals surface area contributed by atoms with E-state index in [1.807, 2.05) is 33.8 Å². The van der Waals surface area contributed by atoms with Gasteiger partial charge in [-0.1, -0.05) is 33.8 Å². The normalized spacial score (nSPS) is 8.58. The van der Waals surface area contributed by atoms with Crippen LogP contribution in [0.3, 0.4) is 0 Å². The van der Waals surface area contributed by atoms with Crippen LogP contribution in [0.1, 0.15) is 47.5 Å². The van der Waals surface area contributed by atoms with Gasteiger partial charge in [-0.15, -0.1) is 6.58 Å². The second-order valence-electron chi connectivity index (χ2n) is 1.71. The first kappa shape index (κ1) is 17.4. The predicted molar refractivity (Wildman–Crippen MR) is 58.5 cm³/mol. The van der Waals surface area contributed by atoms with E-state index in [-0.39, 0.29) is 0 Å². The first-order valence-corrected chi connectivity index (χ1v) is 4.74. The molecule has 0 aromatic carbocycles. The van der Waals surface area contributed by atoms with Crippen molar-refractivity contribution in [3.05, 3.63) is 24.5 Å². The van der Waals surface area contributed by atoms with E-state index in [2.05, 4.69) is 6.58 Å². The Morgan fingerprint density at radius 3 is 1.83 bits per heavy atom. The number of aliphatic hydroxyl groups is 1. The van der Waals surface area contributed by atoms with Gasteiger partial charge in [0.2, 0.25) is 0 Å². The van der Waals surface area contributed by atoms with E-state index >= 15 is 0 Å². The topological polar surface area (TPSA) is 20.2 Å². The van der Waals surface area contributed by atoms with E-state index < -0.39 is 0 Å². The molecule has 0 aromatic rings. The first-order valence-electron chi connectivity index (χ1n) is 4.74. The largest absolute Gasteiger partial charge is 0.513 e. The molecule has 12 heavy (non-hydrogen) atoms. The van der Waals surface area contributed by atoms with Crippen LogP contribution in [-0.2, 0) is 0 Å². The molecule has 0 aromatic heterocycles. The summed E-state index contributed by atoms with van der Waals surface area (Å²) in [6.07, 6.45) is 5.45. The minimum absolute atomic E-state index is 0.395. The highest BCUT2D eigenvalue weighted by molar-refractivity contribution is 4.87. The molecule has 0 spiro atoms. The molecule has 0 amide bonds. The van der Waals surface area contributed by atoms with Crippen molar-refractivity contribution in [2.24, 2.45) is 0 Å². The van der Waals surface area contributed by atoms with Crippen molar-refractivity contribution in [3.8, 4) is 0 Å². The van der Waals surface area contributed by atoms with Gasteiger partial charge in [0, 0.05) is 0 Å². The summed E-state index contributed by atoms with van der Waals surface area (Å²) in [4.78, 5) is 0. The summed E-state index contributed by atoms with van der Waals surface area (Å²) in [7, 11) is 0. The van der Waals surface area contributed by atoms with E-state index in [4.69, 9.17) is 5.11 Å². The van der Waals surface area contributed by atoms with Crippen molar-refractivity contribution >= 4 is 0 Å². The number of unbranched alkanes of at least 4 members (excludes halogenated alkanes) is 1. The lowest BCUT2D eigenvalue weighted by molar-refractivity contribution is 0.411. The Bertz CT molecular complexity index is 89.2. The van der Waals surface area contributed by atoms with Crippen molar-refractivity contribution in [2.45, 2.75) is 47.5 Å². The number of hydrogen-bond acceptors (Lipinski definition) is 1. The summed E-state index contributed by atoms with van der Waals surface area (Å²) in [6.45, 7) is 13.2. The molecule has 0 saturated carbocycles. The number of aliphatic hydroxyl groups excluding tert-OH is 1. The first-order chi connectivity index (χ1) is 5.77. The smallest absolute Gasteiger partial charge is 0.0852 e. The number of hydrogen-bond donors (Lipinski definition) is 1. The van der Waals surface area contributed by atoms with Crippen LogP contribution in [0.25, 0.3) is 0 Å². The Kier molecular flexibility index (Phi) is 32.5. The molecule has 0 unspecified atom stereocenters. The van der Waals surface area contributed by atoms with E-state index in [1.54, 1.807) is 13.0 Å². The molecular weight excluding hydrogens is 148 g/mol. The fraction of sp³-hybridized carbons (Fsp3) is 0.636. The molecule has 0 aliphatic carbocycles. The van der Waals surface area contributed by atoms with Crippen LogP contribution in [0.5, 0.6) is 0 Å². The summed E-state index contributed by atoms with van der Waals surface area (Å²) in [5, 5.41) is 8.61. The summed E-state index contributed by atoms with van der Waals surface area (Å²) < 4.78 is 0. The Morgan fingerprint density at radius 2 is 1.58 bits per heavy atom. The molecule has 0 fully saturated rings. The van der Waals surface area contributed by atoms with Gasteiger partial charge in [0.25, 0.3) is 0 Å². The van der Waals surface area contributed by atoms with E-state index in [9.17, 15) is 0 Å². The summed E-state index contributed by atoms with van der Waals surface area (Å²) >= 11 is 0. The third-order valence-electron chi connectivity index (χ3n) is 0.811. The molecule has 1 heteroatoms. The highest BCUT2D eigenvalue weighted by atomic mass is 16.3. The van der Waals surface area contributed by atoms with Gasteiger partial charge in [-0.3, -0.25) is 0 Å². The molecule has 1 N–H and O–H groups in total. The molecular formula is C11H24O. The Hall–Kier alpha value is -0.720. The quantitative estimate of drug-likeness (QED) is 0.378. The van der Waals surface area contributed by atoms with Crippen LogP contribution >= 0.6 is 0 Å². The van der Waals surface area contributed by atoms with Gasteiger partial charge in [-0.2, -0.15) is 0 Å². The van der Waals surface area contributed by atoms with Crippen molar-refractivity contribution in [2.75, 3.05) is 0 Å². The SMILES string of the molecule is C=CCC/C=C(\C)O.CC.CC. The fourth-order valence-electron chi connectivity index (χ4n) is 0.410. The lowest BCUT2D eigenvalue weighted by Gasteiger charge is -1.85. The van der Waals surface area contributed by atoms with Crippen LogP contribution in [0.2, 0.25) is 0 Å². The molecule has 0 bridgehead atoms. The van der Waals surface area contributed by atoms with E-state index in [0.29, 0.717) is 5.76 Å². The van der Waals surface area contributed by atoms with Crippen molar-refractivity contribution in [1.29, 1.82) is 0 Å². The van der Waals surface area contributed by atoms with E-state index in [1.165, 1.54) is 0 Å². The zero-order chi connectivity index (χ0) is 10.4. The Balaban J connectivity index is -0.000000175. The van der Waals surface area contributed by atoms with Crippen molar-refractivity contribution in [1.82, 2.24) is 0 Å². The van der Waals surface area contributed by atoms with Crippen molar-refractivity contribution in [3.63, 3.8) is 0 Å². The lowest BCUT2D eigenvalue weighted by atomic mass is 10.3. The van der Waals surface area contributed by atoms with E-state index in [0.717, 1.165) is 12.8 Å². The third kappa shape index (κ3) is 34.7. The second kappa shape index (κ2) is 22.4. The molecule has 0 atom stereocenters. The van der Waals surface area contributed by atoms with Gasteiger partial charge in [-0.25, -0.2) is 0 Å². The maximum Gasteiger partial charge on any atom is 0.0852 e. The van der Waals surface area contributed by atoms with Crippen LogP contribution in [-0.4, -0.2) is 5.11 Å². The van der Waals surface area contributed by atoms with Gasteiger partial charge in [-0.05, 0) is 25.8 Å². The lowest BCUT2D eigenvalue weighted by Crippen LogP contribution is -1.69. The van der Waals surface area contributed by atoms with Crippen LogP contribution < -0.4 is 0 Å². The molecule has 0 aliphatic rings.